The van der Waals surface area contributed by atoms with Crippen molar-refractivity contribution in [2.24, 2.45) is 5.73 Å². The van der Waals surface area contributed by atoms with Crippen molar-refractivity contribution in [1.82, 2.24) is 14.5 Å². The Labute approximate surface area is 203 Å². The Balaban J connectivity index is 0.00000363. The molecule has 182 valence electrons. The number of benzene rings is 1. The summed E-state index contributed by atoms with van der Waals surface area (Å²) < 4.78 is 26.6. The van der Waals surface area contributed by atoms with Crippen LogP contribution in [0.3, 0.4) is 0 Å². The summed E-state index contributed by atoms with van der Waals surface area (Å²) in [6.07, 6.45) is 4.32. The van der Waals surface area contributed by atoms with Crippen LogP contribution in [-0.2, 0) is 10.0 Å². The van der Waals surface area contributed by atoms with Crippen LogP contribution >= 0.6 is 24.0 Å². The monoisotopic (exact) mass is 506 g/mol. The molecule has 1 amide bonds. The second-order valence-corrected chi connectivity index (χ2v) is 11.4. The third kappa shape index (κ3) is 6.36. The van der Waals surface area contributed by atoms with Crippen molar-refractivity contribution in [3.05, 3.63) is 35.9 Å². The van der Waals surface area contributed by atoms with Gasteiger partial charge in [-0.2, -0.15) is 4.31 Å². The summed E-state index contributed by atoms with van der Waals surface area (Å²) in [5, 5.41) is 3.13. The Morgan fingerprint density at radius 1 is 1.19 bits per heavy atom. The minimum Gasteiger partial charge on any atom is -0.335 e. The summed E-state index contributed by atoms with van der Waals surface area (Å²) in [7, 11) is -3.21. The SMILES string of the molecule is CCCS(=O)(=O)N1CCN(C2(C(N)NC(=O)c3ccccc3)CCCC(Cl)CC2)CC1.Cl. The number of piperazine rings is 1. The number of amides is 1. The Kier molecular flexibility index (Phi) is 10.2. The van der Waals surface area contributed by atoms with Crippen molar-refractivity contribution in [3.63, 3.8) is 0 Å². The van der Waals surface area contributed by atoms with Gasteiger partial charge in [0.25, 0.3) is 5.91 Å². The van der Waals surface area contributed by atoms with Crippen LogP contribution in [0.5, 0.6) is 0 Å². The van der Waals surface area contributed by atoms with Gasteiger partial charge in [-0.05, 0) is 44.2 Å². The van der Waals surface area contributed by atoms with Gasteiger partial charge in [-0.3, -0.25) is 9.69 Å². The van der Waals surface area contributed by atoms with Gasteiger partial charge in [0, 0.05) is 37.1 Å². The van der Waals surface area contributed by atoms with Crippen LogP contribution in [-0.4, -0.2) is 72.5 Å². The van der Waals surface area contributed by atoms with E-state index in [1.54, 1.807) is 16.4 Å². The van der Waals surface area contributed by atoms with E-state index in [9.17, 15) is 13.2 Å². The maximum absolute atomic E-state index is 12.8. The van der Waals surface area contributed by atoms with Gasteiger partial charge >= 0.3 is 0 Å². The van der Waals surface area contributed by atoms with Crippen LogP contribution < -0.4 is 11.1 Å². The fraction of sp³-hybridized carbons (Fsp3) is 0.682. The van der Waals surface area contributed by atoms with Gasteiger partial charge in [-0.25, -0.2) is 8.42 Å². The second kappa shape index (κ2) is 12.0. The normalized spacial score (nSPS) is 26.5. The number of sulfonamides is 1. The van der Waals surface area contributed by atoms with Gasteiger partial charge < -0.3 is 11.1 Å². The number of nitrogens with zero attached hydrogens (tertiary/aromatic N) is 2. The number of hydrogen-bond donors (Lipinski definition) is 2. The number of rotatable bonds is 7. The molecule has 1 saturated carbocycles. The maximum Gasteiger partial charge on any atom is 0.252 e. The first-order valence-corrected chi connectivity index (χ1v) is 13.3. The molecule has 3 rings (SSSR count). The van der Waals surface area contributed by atoms with Gasteiger partial charge in [0.2, 0.25) is 10.0 Å². The van der Waals surface area contributed by atoms with E-state index < -0.39 is 21.7 Å². The molecule has 7 nitrogen and oxygen atoms in total. The zero-order valence-electron chi connectivity index (χ0n) is 18.7. The third-order valence-corrected chi connectivity index (χ3v) is 9.16. The molecule has 1 heterocycles. The molecule has 10 heteroatoms. The average molecular weight is 508 g/mol. The Morgan fingerprint density at radius 2 is 1.84 bits per heavy atom. The summed E-state index contributed by atoms with van der Waals surface area (Å²) in [6.45, 7) is 3.99. The van der Waals surface area contributed by atoms with Gasteiger partial charge in [0.1, 0.15) is 0 Å². The Bertz CT molecular complexity index is 835. The highest BCUT2D eigenvalue weighted by molar-refractivity contribution is 7.89. The van der Waals surface area contributed by atoms with Crippen LogP contribution in [0.2, 0.25) is 0 Å². The van der Waals surface area contributed by atoms with Crippen LogP contribution in [0.4, 0.5) is 0 Å². The molecule has 1 aliphatic carbocycles. The van der Waals surface area contributed by atoms with Gasteiger partial charge in [0.05, 0.1) is 17.5 Å². The molecular formula is C22H36Cl2N4O3S. The first-order chi connectivity index (χ1) is 14.8. The number of alkyl halides is 1. The predicted molar refractivity (Wildman–Crippen MR) is 132 cm³/mol. The summed E-state index contributed by atoms with van der Waals surface area (Å²) >= 11 is 6.48. The van der Waals surface area contributed by atoms with Gasteiger partial charge in [-0.1, -0.05) is 31.5 Å². The minimum absolute atomic E-state index is 0. The van der Waals surface area contributed by atoms with Crippen molar-refractivity contribution in [2.45, 2.75) is 62.5 Å². The molecule has 0 spiro atoms. The number of carbonyl (C=O) groups excluding carboxylic acids is 1. The molecule has 2 aliphatic rings. The molecule has 32 heavy (non-hydrogen) atoms. The van der Waals surface area contributed by atoms with E-state index in [4.69, 9.17) is 17.3 Å². The topological polar surface area (TPSA) is 95.7 Å². The first kappa shape index (κ1) is 27.3. The number of nitrogens with one attached hydrogen (secondary N) is 1. The van der Waals surface area contributed by atoms with E-state index in [0.29, 0.717) is 38.2 Å². The van der Waals surface area contributed by atoms with Crippen molar-refractivity contribution >= 4 is 39.9 Å². The van der Waals surface area contributed by atoms with Crippen LogP contribution in [0.15, 0.2) is 30.3 Å². The Hall–Kier alpha value is -0.900. The van der Waals surface area contributed by atoms with Crippen LogP contribution in [0, 0.1) is 0 Å². The van der Waals surface area contributed by atoms with Crippen molar-refractivity contribution in [1.29, 1.82) is 0 Å². The zero-order valence-corrected chi connectivity index (χ0v) is 21.1. The van der Waals surface area contributed by atoms with E-state index in [1.165, 1.54) is 0 Å². The standard InChI is InChI=1S/C22H35ClN4O3S.ClH/c1-2-17-31(29,30)27-15-13-26(14-16-27)22(11-6-9-19(23)10-12-22)21(24)25-20(28)18-7-4-3-5-8-18;/h3-5,7-8,19,21H,2,6,9-17,24H2,1H3,(H,25,28);1H. The smallest absolute Gasteiger partial charge is 0.252 e. The fourth-order valence-corrected chi connectivity index (χ4v) is 6.63. The lowest BCUT2D eigenvalue weighted by Gasteiger charge is -2.50. The highest BCUT2D eigenvalue weighted by Gasteiger charge is 2.45. The lowest BCUT2D eigenvalue weighted by molar-refractivity contribution is 0.0125. The highest BCUT2D eigenvalue weighted by Crippen LogP contribution is 2.37. The number of halogens is 2. The Morgan fingerprint density at radius 3 is 2.47 bits per heavy atom. The second-order valence-electron chi connectivity index (χ2n) is 8.65. The molecule has 0 aromatic heterocycles. The van der Waals surface area contributed by atoms with Gasteiger partial charge in [0.15, 0.2) is 0 Å². The fourth-order valence-electron chi connectivity index (χ4n) is 4.88. The van der Waals surface area contributed by atoms with E-state index in [2.05, 4.69) is 10.2 Å². The molecule has 3 atom stereocenters. The van der Waals surface area contributed by atoms with Crippen molar-refractivity contribution < 1.29 is 13.2 Å². The lowest BCUT2D eigenvalue weighted by Crippen LogP contribution is -2.69. The summed E-state index contributed by atoms with van der Waals surface area (Å²) in [5.41, 5.74) is 6.83. The highest BCUT2D eigenvalue weighted by atomic mass is 35.5. The molecule has 1 saturated heterocycles. The molecule has 3 unspecified atom stereocenters. The first-order valence-electron chi connectivity index (χ1n) is 11.3. The van der Waals surface area contributed by atoms with Crippen molar-refractivity contribution in [2.75, 3.05) is 31.9 Å². The van der Waals surface area contributed by atoms with Gasteiger partial charge in [-0.15, -0.1) is 24.0 Å². The minimum atomic E-state index is -3.21. The number of hydrogen-bond acceptors (Lipinski definition) is 5. The third-order valence-electron chi connectivity index (χ3n) is 6.64. The molecule has 1 aromatic carbocycles. The number of carbonyl (C=O) groups is 1. The molecule has 0 radical (unpaired) electrons. The predicted octanol–water partition coefficient (Wildman–Crippen LogP) is 2.79. The van der Waals surface area contributed by atoms with E-state index in [-0.39, 0.29) is 29.4 Å². The molecule has 3 N–H and O–H groups in total. The van der Waals surface area contributed by atoms with Crippen LogP contribution in [0.1, 0.15) is 55.8 Å². The molecule has 1 aliphatic heterocycles. The number of nitrogens with two attached hydrogens (primary N) is 1. The largest absolute Gasteiger partial charge is 0.335 e. The maximum atomic E-state index is 12.8. The van der Waals surface area contributed by atoms with Crippen molar-refractivity contribution in [3.8, 4) is 0 Å². The van der Waals surface area contributed by atoms with E-state index in [0.717, 1.165) is 32.1 Å². The molecular weight excluding hydrogens is 471 g/mol. The zero-order chi connectivity index (χ0) is 22.5. The summed E-state index contributed by atoms with van der Waals surface area (Å²) in [4.78, 5) is 15.1. The summed E-state index contributed by atoms with van der Waals surface area (Å²) in [5.74, 6) is -0.0121. The quantitative estimate of drug-likeness (QED) is 0.336. The van der Waals surface area contributed by atoms with E-state index in [1.807, 2.05) is 25.1 Å². The molecule has 0 bridgehead atoms. The molecule has 2 fully saturated rings. The van der Waals surface area contributed by atoms with E-state index >= 15 is 0 Å². The van der Waals surface area contributed by atoms with Crippen LogP contribution in [0.25, 0.3) is 0 Å². The summed E-state index contributed by atoms with van der Waals surface area (Å²) in [6, 6.07) is 9.07. The average Bonchev–Trinajstić information content (AvgIpc) is 2.97. The molecule has 1 aromatic rings. The lowest BCUT2D eigenvalue weighted by atomic mass is 9.84.